The van der Waals surface area contributed by atoms with Crippen molar-refractivity contribution in [2.75, 3.05) is 31.1 Å². The smallest absolute Gasteiger partial charge is 0.247 e. The van der Waals surface area contributed by atoms with Gasteiger partial charge in [-0.1, -0.05) is 30.3 Å². The lowest BCUT2D eigenvalue weighted by molar-refractivity contribution is -0.137. The lowest BCUT2D eigenvalue weighted by Crippen LogP contribution is -2.57. The maximum atomic E-state index is 13.0. The summed E-state index contributed by atoms with van der Waals surface area (Å²) in [5, 5.41) is 2.03. The second-order valence-electron chi connectivity index (χ2n) is 6.68. The highest BCUT2D eigenvalue weighted by Crippen LogP contribution is 2.29. The topological polar surface area (TPSA) is 75.4 Å². The number of fused-ring (bicyclic) bond motifs is 1. The second-order valence-corrected chi connectivity index (χ2v) is 7.60. The first-order valence-corrected chi connectivity index (χ1v) is 9.52. The van der Waals surface area contributed by atoms with Crippen LogP contribution in [0.4, 0.5) is 5.82 Å². The molecule has 28 heavy (non-hydrogen) atoms. The molecule has 1 atom stereocenters. The van der Waals surface area contributed by atoms with Gasteiger partial charge in [0, 0.05) is 26.2 Å². The fourth-order valence-electron chi connectivity index (χ4n) is 3.36. The minimum Gasteiger partial charge on any atom is -0.352 e. The molecule has 0 spiro atoms. The number of aromatic nitrogens is 2. The van der Waals surface area contributed by atoms with Crippen LogP contribution < -0.4 is 10.6 Å². The van der Waals surface area contributed by atoms with Gasteiger partial charge in [-0.3, -0.25) is 4.79 Å². The zero-order valence-electron chi connectivity index (χ0n) is 15.4. The van der Waals surface area contributed by atoms with Crippen LogP contribution in [0.15, 0.2) is 48.1 Å². The molecule has 3 heterocycles. The molecule has 3 aromatic rings. The van der Waals surface area contributed by atoms with E-state index in [-0.39, 0.29) is 30.7 Å². The minimum absolute atomic E-state index is 0. The van der Waals surface area contributed by atoms with Gasteiger partial charge < -0.3 is 15.5 Å². The van der Waals surface area contributed by atoms with Crippen LogP contribution >= 0.6 is 36.2 Å². The van der Waals surface area contributed by atoms with Gasteiger partial charge in [-0.15, -0.1) is 36.2 Å². The highest BCUT2D eigenvalue weighted by atomic mass is 35.5. The summed E-state index contributed by atoms with van der Waals surface area (Å²) in [6, 6.07) is 11.6. The Morgan fingerprint density at radius 2 is 1.75 bits per heavy atom. The van der Waals surface area contributed by atoms with Crippen LogP contribution in [-0.4, -0.2) is 47.0 Å². The summed E-state index contributed by atoms with van der Waals surface area (Å²) in [5.41, 5.74) is 7.19. The van der Waals surface area contributed by atoms with Crippen LogP contribution in [0.3, 0.4) is 0 Å². The van der Waals surface area contributed by atoms with Crippen molar-refractivity contribution >= 4 is 58.1 Å². The van der Waals surface area contributed by atoms with Crippen molar-refractivity contribution in [3.05, 3.63) is 53.7 Å². The molecule has 1 aromatic carbocycles. The Bertz CT molecular complexity index is 926. The first-order chi connectivity index (χ1) is 12.6. The minimum atomic E-state index is -1.01. The normalized spacial score (nSPS) is 16.1. The highest BCUT2D eigenvalue weighted by molar-refractivity contribution is 7.17. The zero-order valence-corrected chi connectivity index (χ0v) is 17.9. The van der Waals surface area contributed by atoms with Gasteiger partial charge >= 0.3 is 0 Å². The van der Waals surface area contributed by atoms with Crippen LogP contribution in [-0.2, 0) is 10.3 Å². The Balaban J connectivity index is 0.00000140. The van der Waals surface area contributed by atoms with Gasteiger partial charge in [-0.2, -0.15) is 0 Å². The summed E-state index contributed by atoms with van der Waals surface area (Å²) in [4.78, 5) is 25.8. The van der Waals surface area contributed by atoms with Crippen LogP contribution in [0.25, 0.3) is 10.2 Å². The number of carbonyl (C=O) groups is 1. The zero-order chi connectivity index (χ0) is 18.1. The Morgan fingerprint density at radius 1 is 1.07 bits per heavy atom. The van der Waals surface area contributed by atoms with Gasteiger partial charge in [0.2, 0.25) is 5.91 Å². The molecule has 1 unspecified atom stereocenters. The van der Waals surface area contributed by atoms with E-state index < -0.39 is 5.54 Å². The molecule has 9 heteroatoms. The molecular formula is C19H23Cl2N5OS. The summed E-state index contributed by atoms with van der Waals surface area (Å²) in [7, 11) is 0. The van der Waals surface area contributed by atoms with Crippen molar-refractivity contribution in [1.29, 1.82) is 0 Å². The molecule has 1 saturated heterocycles. The molecule has 0 radical (unpaired) electrons. The van der Waals surface area contributed by atoms with Gasteiger partial charge in [-0.05, 0) is 23.9 Å². The van der Waals surface area contributed by atoms with Crippen molar-refractivity contribution in [2.24, 2.45) is 5.73 Å². The number of hydrogen-bond acceptors (Lipinski definition) is 6. The first kappa shape index (κ1) is 22.4. The number of piperazine rings is 1. The van der Waals surface area contributed by atoms with E-state index in [1.54, 1.807) is 24.6 Å². The number of nitrogens with two attached hydrogens (primary N) is 1. The number of benzene rings is 1. The fraction of sp³-hybridized carbons (Fsp3) is 0.316. The van der Waals surface area contributed by atoms with Gasteiger partial charge in [0.15, 0.2) is 0 Å². The molecular weight excluding hydrogens is 417 g/mol. The van der Waals surface area contributed by atoms with Crippen molar-refractivity contribution in [3.8, 4) is 0 Å². The van der Waals surface area contributed by atoms with Crippen LogP contribution in [0.5, 0.6) is 0 Å². The maximum Gasteiger partial charge on any atom is 0.247 e. The van der Waals surface area contributed by atoms with E-state index in [1.165, 1.54) is 0 Å². The van der Waals surface area contributed by atoms with E-state index >= 15 is 0 Å². The number of amides is 1. The molecule has 4 rings (SSSR count). The molecule has 0 saturated carbocycles. The molecule has 6 nitrogen and oxygen atoms in total. The third-order valence-corrected chi connectivity index (χ3v) is 5.81. The standard InChI is InChI=1S/C19H21N5OS.2ClH/c1-19(20,14-5-3-2-4-6-14)18(25)24-10-8-23(9-11-24)17-16-15(7-12-26-16)21-13-22-17;;/h2-7,12-13H,8-11,20H2,1H3;2*1H. The van der Waals surface area contributed by atoms with E-state index in [1.807, 2.05) is 46.7 Å². The summed E-state index contributed by atoms with van der Waals surface area (Å²) in [5.74, 6) is 0.919. The average molecular weight is 440 g/mol. The van der Waals surface area contributed by atoms with E-state index in [9.17, 15) is 4.79 Å². The van der Waals surface area contributed by atoms with Crippen molar-refractivity contribution in [2.45, 2.75) is 12.5 Å². The Labute approximate surface area is 180 Å². The van der Waals surface area contributed by atoms with Crippen molar-refractivity contribution in [3.63, 3.8) is 0 Å². The van der Waals surface area contributed by atoms with Gasteiger partial charge in [0.1, 0.15) is 17.7 Å². The third kappa shape index (κ3) is 4.07. The van der Waals surface area contributed by atoms with E-state index in [2.05, 4.69) is 14.9 Å². The van der Waals surface area contributed by atoms with Gasteiger partial charge in [0.05, 0.1) is 10.2 Å². The second kappa shape index (κ2) is 9.05. The summed E-state index contributed by atoms with van der Waals surface area (Å²) in [6.45, 7) is 4.53. The molecule has 0 bridgehead atoms. The quantitative estimate of drug-likeness (QED) is 0.678. The first-order valence-electron chi connectivity index (χ1n) is 8.64. The number of anilines is 1. The molecule has 1 fully saturated rings. The number of halogens is 2. The molecule has 2 aromatic heterocycles. The average Bonchev–Trinajstić information content (AvgIpc) is 3.17. The van der Waals surface area contributed by atoms with Gasteiger partial charge in [-0.25, -0.2) is 9.97 Å². The molecule has 1 amide bonds. The Kier molecular flexibility index (Phi) is 7.22. The summed E-state index contributed by atoms with van der Waals surface area (Å²) < 4.78 is 1.10. The SMILES string of the molecule is CC(N)(C(=O)N1CCN(c2ncnc3ccsc23)CC1)c1ccccc1.Cl.Cl. The lowest BCUT2D eigenvalue weighted by Gasteiger charge is -2.39. The number of thiophene rings is 1. The van der Waals surface area contributed by atoms with Gasteiger partial charge in [0.25, 0.3) is 0 Å². The van der Waals surface area contributed by atoms with Crippen molar-refractivity contribution < 1.29 is 4.79 Å². The maximum absolute atomic E-state index is 13.0. The predicted molar refractivity (Wildman–Crippen MR) is 119 cm³/mol. The van der Waals surface area contributed by atoms with Crippen LogP contribution in [0, 0.1) is 0 Å². The molecule has 1 aliphatic heterocycles. The van der Waals surface area contributed by atoms with E-state index in [4.69, 9.17) is 5.73 Å². The monoisotopic (exact) mass is 439 g/mol. The number of rotatable bonds is 3. The Morgan fingerprint density at radius 3 is 2.43 bits per heavy atom. The van der Waals surface area contributed by atoms with Crippen LogP contribution in [0.1, 0.15) is 12.5 Å². The van der Waals surface area contributed by atoms with E-state index in [0.717, 1.165) is 34.7 Å². The lowest BCUT2D eigenvalue weighted by atomic mass is 9.91. The highest BCUT2D eigenvalue weighted by Gasteiger charge is 2.36. The third-order valence-electron chi connectivity index (χ3n) is 4.91. The fourth-order valence-corrected chi connectivity index (χ4v) is 4.22. The number of nitrogens with zero attached hydrogens (tertiary/aromatic N) is 4. The molecule has 150 valence electrons. The van der Waals surface area contributed by atoms with Crippen LogP contribution in [0.2, 0.25) is 0 Å². The number of hydrogen-bond donors (Lipinski definition) is 1. The molecule has 0 aliphatic carbocycles. The summed E-state index contributed by atoms with van der Waals surface area (Å²) in [6.07, 6.45) is 1.61. The summed E-state index contributed by atoms with van der Waals surface area (Å²) >= 11 is 1.65. The molecule has 2 N–H and O–H groups in total. The van der Waals surface area contributed by atoms with E-state index in [0.29, 0.717) is 13.1 Å². The van der Waals surface area contributed by atoms with Crippen molar-refractivity contribution in [1.82, 2.24) is 14.9 Å². The largest absolute Gasteiger partial charge is 0.352 e. The molecule has 1 aliphatic rings. The Hall–Kier alpha value is -1.93. The predicted octanol–water partition coefficient (Wildman–Crippen LogP) is 3.06. The number of carbonyl (C=O) groups excluding carboxylic acids is 1.